The number of quaternary nitrogens is 1. The third-order valence-corrected chi connectivity index (χ3v) is 7.82. The van der Waals surface area contributed by atoms with E-state index in [1.165, 1.54) is 0 Å². The SMILES string of the molecule is O=C(C[N+]12CCC(CC1)C(OC(=O)C1(O)c3ccccc3-c3ccccc31)C2)Nc1ncccn1. The number of carbonyl (C=O) groups excluding carboxylic acids is 2. The molecule has 178 valence electrons. The lowest BCUT2D eigenvalue weighted by atomic mass is 9.82. The van der Waals surface area contributed by atoms with Crippen molar-refractivity contribution in [2.75, 3.05) is 31.5 Å². The number of anilines is 1. The summed E-state index contributed by atoms with van der Waals surface area (Å²) < 4.78 is 6.64. The number of hydrogen-bond acceptors (Lipinski definition) is 6. The van der Waals surface area contributed by atoms with Gasteiger partial charge in [-0.25, -0.2) is 14.8 Å². The monoisotopic (exact) mass is 471 g/mol. The molecule has 8 heteroatoms. The van der Waals surface area contributed by atoms with Gasteiger partial charge in [0.05, 0.1) is 13.1 Å². The van der Waals surface area contributed by atoms with E-state index < -0.39 is 11.6 Å². The zero-order valence-corrected chi connectivity index (χ0v) is 19.3. The van der Waals surface area contributed by atoms with Crippen molar-refractivity contribution < 1.29 is 23.9 Å². The Morgan fingerprint density at radius 3 is 2.20 bits per heavy atom. The summed E-state index contributed by atoms with van der Waals surface area (Å²) in [4.78, 5) is 34.5. The van der Waals surface area contributed by atoms with Gasteiger partial charge in [-0.2, -0.15) is 0 Å². The number of esters is 1. The van der Waals surface area contributed by atoms with Gasteiger partial charge in [0.2, 0.25) is 11.5 Å². The van der Waals surface area contributed by atoms with Gasteiger partial charge in [-0.1, -0.05) is 48.5 Å². The minimum Gasteiger partial charge on any atom is -0.453 e. The number of amides is 1. The summed E-state index contributed by atoms with van der Waals surface area (Å²) in [6.45, 7) is 2.54. The smallest absolute Gasteiger partial charge is 0.348 e. The Labute approximate surface area is 203 Å². The molecule has 0 spiro atoms. The Morgan fingerprint density at radius 2 is 1.57 bits per heavy atom. The Balaban J connectivity index is 1.22. The van der Waals surface area contributed by atoms with Crippen molar-refractivity contribution in [2.24, 2.45) is 5.92 Å². The number of rotatable bonds is 5. The molecule has 1 amide bonds. The normalized spacial score (nSPS) is 25.4. The molecule has 2 aromatic carbocycles. The van der Waals surface area contributed by atoms with Gasteiger partial charge in [0.1, 0.15) is 6.54 Å². The van der Waals surface area contributed by atoms with Gasteiger partial charge < -0.3 is 14.3 Å². The summed E-state index contributed by atoms with van der Waals surface area (Å²) in [5.41, 5.74) is 0.961. The number of hydrogen-bond donors (Lipinski definition) is 2. The molecule has 2 N–H and O–H groups in total. The highest BCUT2D eigenvalue weighted by atomic mass is 16.6. The molecule has 0 radical (unpaired) electrons. The minimum absolute atomic E-state index is 0.154. The van der Waals surface area contributed by atoms with Gasteiger partial charge in [-0.3, -0.25) is 10.1 Å². The molecular formula is C27H27N4O4+. The maximum atomic E-state index is 13.6. The second kappa shape index (κ2) is 8.25. The highest BCUT2D eigenvalue weighted by molar-refractivity contribution is 5.96. The van der Waals surface area contributed by atoms with Gasteiger partial charge in [0.25, 0.3) is 5.91 Å². The predicted molar refractivity (Wildman–Crippen MR) is 128 cm³/mol. The van der Waals surface area contributed by atoms with Crippen LogP contribution in [-0.2, 0) is 19.9 Å². The Kier molecular flexibility index (Phi) is 5.16. The molecule has 3 aliphatic heterocycles. The van der Waals surface area contributed by atoms with Crippen molar-refractivity contribution >= 4 is 17.8 Å². The molecule has 3 aromatic rings. The average Bonchev–Trinajstić information content (AvgIpc) is 3.15. The molecule has 35 heavy (non-hydrogen) atoms. The summed E-state index contributed by atoms with van der Waals surface area (Å²) >= 11 is 0. The molecule has 1 aliphatic carbocycles. The Bertz CT molecular complexity index is 1240. The van der Waals surface area contributed by atoms with Crippen LogP contribution in [0.4, 0.5) is 5.95 Å². The molecule has 1 atom stereocenters. The number of benzene rings is 2. The summed E-state index contributed by atoms with van der Waals surface area (Å²) in [5.74, 6) is -0.283. The Morgan fingerprint density at radius 1 is 0.971 bits per heavy atom. The lowest BCUT2D eigenvalue weighted by Crippen LogP contribution is -2.66. The summed E-state index contributed by atoms with van der Waals surface area (Å²) in [5, 5.41) is 14.6. The van der Waals surface area contributed by atoms with Crippen LogP contribution in [-0.4, -0.2) is 63.7 Å². The molecule has 0 saturated carbocycles. The van der Waals surface area contributed by atoms with Gasteiger partial charge in [-0.15, -0.1) is 0 Å². The van der Waals surface area contributed by atoms with Crippen LogP contribution < -0.4 is 5.32 Å². The van der Waals surface area contributed by atoms with Crippen LogP contribution in [0.25, 0.3) is 11.1 Å². The molecule has 2 bridgehead atoms. The number of fused-ring (bicyclic) bond motifs is 6. The van der Waals surface area contributed by atoms with E-state index in [2.05, 4.69) is 15.3 Å². The van der Waals surface area contributed by atoms with Gasteiger partial charge in [0.15, 0.2) is 12.6 Å². The van der Waals surface area contributed by atoms with Crippen LogP contribution in [0.15, 0.2) is 67.0 Å². The third-order valence-electron chi connectivity index (χ3n) is 7.82. The third kappa shape index (κ3) is 3.61. The van der Waals surface area contributed by atoms with E-state index >= 15 is 0 Å². The number of aromatic nitrogens is 2. The first-order valence-electron chi connectivity index (χ1n) is 12.0. The second-order valence-electron chi connectivity index (χ2n) is 9.83. The first-order chi connectivity index (χ1) is 17.0. The number of carbonyl (C=O) groups is 2. The second-order valence-corrected chi connectivity index (χ2v) is 9.83. The van der Waals surface area contributed by atoms with Crippen LogP contribution in [0.1, 0.15) is 24.0 Å². The minimum atomic E-state index is -1.84. The fourth-order valence-corrected chi connectivity index (χ4v) is 6.06. The van der Waals surface area contributed by atoms with E-state index in [1.54, 1.807) is 30.6 Å². The van der Waals surface area contributed by atoms with Crippen LogP contribution in [0, 0.1) is 5.92 Å². The van der Waals surface area contributed by atoms with Gasteiger partial charge in [-0.05, 0) is 17.2 Å². The number of aliphatic hydroxyl groups is 1. The maximum absolute atomic E-state index is 13.6. The van der Waals surface area contributed by atoms with Crippen LogP contribution >= 0.6 is 0 Å². The number of nitrogens with zero attached hydrogens (tertiary/aromatic N) is 3. The van der Waals surface area contributed by atoms with E-state index in [4.69, 9.17) is 4.74 Å². The van der Waals surface area contributed by atoms with Gasteiger partial charge in [0, 0.05) is 42.3 Å². The van der Waals surface area contributed by atoms with E-state index in [9.17, 15) is 14.7 Å². The van der Waals surface area contributed by atoms with E-state index in [1.807, 2.05) is 36.4 Å². The largest absolute Gasteiger partial charge is 0.453 e. The fourth-order valence-electron chi connectivity index (χ4n) is 6.06. The summed E-state index contributed by atoms with van der Waals surface area (Å²) in [6.07, 6.45) is 4.56. The zero-order valence-electron chi connectivity index (χ0n) is 19.3. The molecule has 3 saturated heterocycles. The quantitative estimate of drug-likeness (QED) is 0.438. The van der Waals surface area contributed by atoms with Crippen molar-refractivity contribution in [2.45, 2.75) is 24.5 Å². The van der Waals surface area contributed by atoms with Gasteiger partial charge >= 0.3 is 5.97 Å². The molecule has 3 fully saturated rings. The number of ether oxygens (including phenoxy) is 1. The molecular weight excluding hydrogens is 444 g/mol. The molecule has 7 rings (SSSR count). The van der Waals surface area contributed by atoms with Crippen molar-refractivity contribution in [3.8, 4) is 11.1 Å². The van der Waals surface area contributed by atoms with Crippen LogP contribution in [0.3, 0.4) is 0 Å². The highest BCUT2D eigenvalue weighted by Crippen LogP contribution is 2.48. The molecule has 8 nitrogen and oxygen atoms in total. The van der Waals surface area contributed by atoms with E-state index in [0.717, 1.165) is 37.1 Å². The van der Waals surface area contributed by atoms with Crippen molar-refractivity contribution in [1.82, 2.24) is 9.97 Å². The standard InChI is InChI=1S/C27H26N4O4/c32-24(30-26-28-12-5-13-29-26)17-31-14-10-18(11-15-31)23(16-31)35-25(33)27(34)21-8-3-1-6-19(21)20-7-2-4-9-22(20)27/h1-9,12-13,18,23,34H,10-11,14-17H2/p+1. The lowest BCUT2D eigenvalue weighted by Gasteiger charge is -2.51. The topological polar surface area (TPSA) is 101 Å². The maximum Gasteiger partial charge on any atom is 0.348 e. The first-order valence-corrected chi connectivity index (χ1v) is 12.0. The summed E-state index contributed by atoms with van der Waals surface area (Å²) in [7, 11) is 0. The Hall–Kier alpha value is -3.62. The van der Waals surface area contributed by atoms with Crippen molar-refractivity contribution in [3.05, 3.63) is 78.1 Å². The lowest BCUT2D eigenvalue weighted by molar-refractivity contribution is -0.939. The fraction of sp³-hybridized carbons (Fsp3) is 0.333. The average molecular weight is 472 g/mol. The first kappa shape index (κ1) is 21.9. The van der Waals surface area contributed by atoms with Crippen LogP contribution in [0.5, 0.6) is 0 Å². The number of piperidine rings is 3. The summed E-state index contributed by atoms with van der Waals surface area (Å²) in [6, 6.07) is 16.6. The molecule has 1 unspecified atom stereocenters. The number of nitrogens with one attached hydrogen (secondary N) is 1. The molecule has 4 heterocycles. The molecule has 4 aliphatic rings. The predicted octanol–water partition coefficient (Wildman–Crippen LogP) is 2.48. The van der Waals surface area contributed by atoms with Crippen molar-refractivity contribution in [3.63, 3.8) is 0 Å². The van der Waals surface area contributed by atoms with E-state index in [0.29, 0.717) is 22.2 Å². The molecule has 1 aromatic heterocycles. The highest BCUT2D eigenvalue weighted by Gasteiger charge is 2.53. The van der Waals surface area contributed by atoms with Crippen molar-refractivity contribution in [1.29, 1.82) is 0 Å². The van der Waals surface area contributed by atoms with E-state index in [-0.39, 0.29) is 30.4 Å². The zero-order chi connectivity index (χ0) is 24.0. The van der Waals surface area contributed by atoms with Crippen LogP contribution in [0.2, 0.25) is 0 Å².